The minimum absolute atomic E-state index is 0.726. The molecule has 2 aliphatic rings. The Labute approximate surface area is 185 Å². The number of allylic oxidation sites excluding steroid dienone is 8. The predicted molar refractivity (Wildman–Crippen MR) is 135 cm³/mol. The van der Waals surface area contributed by atoms with Crippen molar-refractivity contribution in [2.75, 3.05) is 11.4 Å². The van der Waals surface area contributed by atoms with E-state index in [0.717, 1.165) is 18.4 Å². The van der Waals surface area contributed by atoms with Crippen molar-refractivity contribution in [2.24, 2.45) is 11.8 Å². The fourth-order valence-corrected chi connectivity index (χ4v) is 4.53. The summed E-state index contributed by atoms with van der Waals surface area (Å²) in [5.41, 5.74) is 5.27. The van der Waals surface area contributed by atoms with Gasteiger partial charge in [-0.25, -0.2) is 0 Å². The molecule has 1 fully saturated rings. The van der Waals surface area contributed by atoms with E-state index in [4.69, 9.17) is 0 Å². The van der Waals surface area contributed by atoms with Crippen LogP contribution in [0.25, 0.3) is 16.3 Å². The summed E-state index contributed by atoms with van der Waals surface area (Å²) in [6, 6.07) is 24.2. The summed E-state index contributed by atoms with van der Waals surface area (Å²) >= 11 is 0. The molecule has 3 aromatic carbocycles. The smallest absolute Gasteiger partial charge is 0.0493 e. The molecule has 5 rings (SSSR count). The minimum atomic E-state index is 0.726. The van der Waals surface area contributed by atoms with Crippen LogP contribution in [-0.4, -0.2) is 6.54 Å². The molecule has 31 heavy (non-hydrogen) atoms. The third-order valence-corrected chi connectivity index (χ3v) is 6.23. The van der Waals surface area contributed by atoms with E-state index < -0.39 is 0 Å². The highest BCUT2D eigenvalue weighted by atomic mass is 15.1. The van der Waals surface area contributed by atoms with Gasteiger partial charge in [-0.2, -0.15) is 0 Å². The first kappa shape index (κ1) is 19.4. The number of hydrogen-bond acceptors (Lipinski definition) is 1. The molecule has 3 aromatic rings. The zero-order valence-corrected chi connectivity index (χ0v) is 17.7. The molecule has 1 nitrogen and oxygen atoms in total. The van der Waals surface area contributed by atoms with Crippen LogP contribution in [0.4, 0.5) is 11.4 Å². The number of rotatable bonds is 7. The lowest BCUT2D eigenvalue weighted by Gasteiger charge is -2.26. The van der Waals surface area contributed by atoms with E-state index in [9.17, 15) is 0 Å². The average Bonchev–Trinajstić information content (AvgIpc) is 3.62. The molecular formula is C30H27N. The first-order valence-electron chi connectivity index (χ1n) is 11.0. The number of anilines is 2. The second kappa shape index (κ2) is 8.65. The van der Waals surface area contributed by atoms with Crippen molar-refractivity contribution in [3.63, 3.8) is 0 Å². The lowest BCUT2D eigenvalue weighted by atomic mass is 9.96. The molecule has 0 heterocycles. The maximum Gasteiger partial charge on any atom is 0.0493 e. The molecule has 1 saturated carbocycles. The van der Waals surface area contributed by atoms with Crippen LogP contribution >= 0.6 is 0 Å². The molecule has 0 amide bonds. The second-order valence-corrected chi connectivity index (χ2v) is 8.22. The van der Waals surface area contributed by atoms with Crippen molar-refractivity contribution < 1.29 is 0 Å². The Hall–Kier alpha value is -3.58. The molecule has 2 atom stereocenters. The van der Waals surface area contributed by atoms with Crippen molar-refractivity contribution >= 4 is 27.7 Å². The van der Waals surface area contributed by atoms with Gasteiger partial charge in [-0.3, -0.25) is 0 Å². The molecule has 152 valence electrons. The van der Waals surface area contributed by atoms with Crippen molar-refractivity contribution in [2.45, 2.75) is 6.42 Å². The molecular weight excluding hydrogens is 374 g/mol. The zero-order chi connectivity index (χ0) is 21.0. The van der Waals surface area contributed by atoms with Crippen LogP contribution in [0.2, 0.25) is 0 Å². The minimum Gasteiger partial charge on any atom is -0.337 e. The van der Waals surface area contributed by atoms with Crippen LogP contribution in [0.15, 0.2) is 122 Å². The van der Waals surface area contributed by atoms with Gasteiger partial charge in [-0.15, -0.1) is 0 Å². The van der Waals surface area contributed by atoms with E-state index in [1.807, 2.05) is 12.2 Å². The van der Waals surface area contributed by atoms with Gasteiger partial charge in [0, 0.05) is 23.3 Å². The summed E-state index contributed by atoms with van der Waals surface area (Å²) in [7, 11) is 0. The average molecular weight is 402 g/mol. The van der Waals surface area contributed by atoms with Crippen molar-refractivity contribution in [1.29, 1.82) is 0 Å². The third kappa shape index (κ3) is 4.04. The van der Waals surface area contributed by atoms with Gasteiger partial charge in [0.25, 0.3) is 0 Å². The van der Waals surface area contributed by atoms with Gasteiger partial charge in [0.2, 0.25) is 0 Å². The van der Waals surface area contributed by atoms with Gasteiger partial charge in [0.1, 0.15) is 0 Å². The lowest BCUT2D eigenvalue weighted by molar-refractivity contribution is 0.998. The van der Waals surface area contributed by atoms with Gasteiger partial charge in [-0.1, -0.05) is 104 Å². The monoisotopic (exact) mass is 401 g/mol. The highest BCUT2D eigenvalue weighted by Gasteiger charge is 2.39. The number of nitrogens with zero attached hydrogens (tertiary/aromatic N) is 1. The Morgan fingerprint density at radius 3 is 2.61 bits per heavy atom. The zero-order valence-electron chi connectivity index (χ0n) is 17.7. The number of benzene rings is 3. The van der Waals surface area contributed by atoms with Gasteiger partial charge >= 0.3 is 0 Å². The van der Waals surface area contributed by atoms with Crippen molar-refractivity contribution in [3.8, 4) is 0 Å². The number of hydrogen-bond donors (Lipinski definition) is 0. The molecule has 0 aromatic heterocycles. The maximum atomic E-state index is 3.74. The summed E-state index contributed by atoms with van der Waals surface area (Å²) in [5, 5.41) is 2.53. The van der Waals surface area contributed by atoms with Crippen molar-refractivity contribution in [3.05, 3.63) is 127 Å². The molecule has 0 N–H and O–H groups in total. The van der Waals surface area contributed by atoms with E-state index in [2.05, 4.69) is 109 Å². The van der Waals surface area contributed by atoms with Gasteiger partial charge in [-0.05, 0) is 53.0 Å². The second-order valence-electron chi connectivity index (χ2n) is 8.22. The van der Waals surface area contributed by atoms with Crippen LogP contribution in [0.1, 0.15) is 12.0 Å². The summed E-state index contributed by atoms with van der Waals surface area (Å²) in [6.45, 7) is 4.53. The Bertz CT molecular complexity index is 1200. The standard InChI is InChI=1S/C30H27N/c1-2-3-4-5-8-21-31(30-16-10-12-23-11-6-7-14-28(23)30)26-19-17-24(18-20-26)27-15-9-13-25-22-29(25)27/h2-20,25,29H,1,21-22H2/b4-3-,8-5-. The molecule has 0 aliphatic heterocycles. The largest absolute Gasteiger partial charge is 0.337 e. The fourth-order valence-electron chi connectivity index (χ4n) is 4.53. The summed E-state index contributed by atoms with van der Waals surface area (Å²) in [5.74, 6) is 1.49. The molecule has 2 unspecified atom stereocenters. The Morgan fingerprint density at radius 1 is 0.903 bits per heavy atom. The van der Waals surface area contributed by atoms with E-state index in [1.54, 1.807) is 6.08 Å². The molecule has 2 aliphatic carbocycles. The van der Waals surface area contributed by atoms with Crippen LogP contribution in [0.3, 0.4) is 0 Å². The van der Waals surface area contributed by atoms with E-state index in [-0.39, 0.29) is 0 Å². The van der Waals surface area contributed by atoms with Crippen LogP contribution < -0.4 is 4.90 Å². The summed E-state index contributed by atoms with van der Waals surface area (Å²) < 4.78 is 0. The maximum absolute atomic E-state index is 3.74. The fraction of sp³-hybridized carbons (Fsp3) is 0.133. The predicted octanol–water partition coefficient (Wildman–Crippen LogP) is 7.87. The summed E-state index contributed by atoms with van der Waals surface area (Å²) in [4.78, 5) is 2.39. The molecule has 0 bridgehead atoms. The summed E-state index contributed by atoms with van der Waals surface area (Å²) in [6.07, 6.45) is 18.2. The Balaban J connectivity index is 1.50. The Kier molecular flexibility index (Phi) is 5.41. The van der Waals surface area contributed by atoms with Gasteiger partial charge < -0.3 is 4.90 Å². The van der Waals surface area contributed by atoms with E-state index in [0.29, 0.717) is 0 Å². The third-order valence-electron chi connectivity index (χ3n) is 6.23. The van der Waals surface area contributed by atoms with E-state index in [1.165, 1.54) is 39.7 Å². The SMILES string of the molecule is C=C/C=C\C=C/CN(c1ccc(C2=CC=CC3CC23)cc1)c1cccc2ccccc12. The lowest BCUT2D eigenvalue weighted by Crippen LogP contribution is -2.17. The highest BCUT2D eigenvalue weighted by Crippen LogP contribution is 2.51. The van der Waals surface area contributed by atoms with E-state index >= 15 is 0 Å². The molecule has 0 saturated heterocycles. The molecule has 1 heteroatoms. The Morgan fingerprint density at radius 2 is 1.74 bits per heavy atom. The van der Waals surface area contributed by atoms with Gasteiger partial charge in [0.15, 0.2) is 0 Å². The number of fused-ring (bicyclic) bond motifs is 2. The molecule has 0 spiro atoms. The van der Waals surface area contributed by atoms with Crippen LogP contribution in [0, 0.1) is 11.8 Å². The quantitative estimate of drug-likeness (QED) is 0.364. The first-order valence-corrected chi connectivity index (χ1v) is 11.0. The highest BCUT2D eigenvalue weighted by molar-refractivity contribution is 5.96. The normalized spacial score (nSPS) is 19.5. The van der Waals surface area contributed by atoms with Crippen LogP contribution in [-0.2, 0) is 0 Å². The topological polar surface area (TPSA) is 3.24 Å². The van der Waals surface area contributed by atoms with Crippen LogP contribution in [0.5, 0.6) is 0 Å². The van der Waals surface area contributed by atoms with Crippen molar-refractivity contribution in [1.82, 2.24) is 0 Å². The van der Waals surface area contributed by atoms with Gasteiger partial charge in [0.05, 0.1) is 0 Å². The molecule has 0 radical (unpaired) electrons. The first-order chi connectivity index (χ1) is 15.3.